The predicted molar refractivity (Wildman–Crippen MR) is 51.2 cm³/mol. The number of para-hydroxylation sites is 1. The highest BCUT2D eigenvalue weighted by Gasteiger charge is 2.17. The molecule has 0 saturated carbocycles. The molecule has 1 aromatic rings. The topological polar surface area (TPSA) is 76.7 Å². The average molecular weight is 191 g/mol. The third kappa shape index (κ3) is 1.28. The largest absolute Gasteiger partial charge is 0.378 e. The minimum Gasteiger partial charge on any atom is -0.378 e. The first-order valence-corrected chi connectivity index (χ1v) is 4.09. The second-order valence-electron chi connectivity index (χ2n) is 2.95. The number of carbonyl (C=O) groups excluding carboxylic acids is 1. The maximum atomic E-state index is 10.8. The van der Waals surface area contributed by atoms with Gasteiger partial charge in [-0.25, -0.2) is 4.99 Å². The second kappa shape index (κ2) is 3.02. The minimum atomic E-state index is -0.640. The quantitative estimate of drug-likeness (QED) is 0.674. The zero-order valence-corrected chi connectivity index (χ0v) is 7.57. The van der Waals surface area contributed by atoms with Crippen LogP contribution in [-0.2, 0) is 4.79 Å². The third-order valence-electron chi connectivity index (χ3n) is 1.92. The maximum Gasteiger partial charge on any atom is 0.287 e. The molecular formula is C9H9N3O2. The Balaban J connectivity index is 2.52. The fourth-order valence-corrected chi connectivity index (χ4v) is 1.20. The summed E-state index contributed by atoms with van der Waals surface area (Å²) in [5.41, 5.74) is 9.01. The van der Waals surface area contributed by atoms with E-state index in [9.17, 15) is 4.79 Å². The zero-order chi connectivity index (χ0) is 10.1. The SMILES string of the molecule is Cc1cccc2c1N=C(C(N)=O)NO2. The van der Waals surface area contributed by atoms with Gasteiger partial charge in [0.25, 0.3) is 5.91 Å². The second-order valence-corrected chi connectivity index (χ2v) is 2.95. The number of nitrogens with one attached hydrogen (secondary N) is 1. The van der Waals surface area contributed by atoms with Crippen molar-refractivity contribution in [3.8, 4) is 5.75 Å². The Hall–Kier alpha value is -2.04. The monoisotopic (exact) mass is 191 g/mol. The Bertz CT molecular complexity index is 426. The van der Waals surface area contributed by atoms with Crippen LogP contribution in [0.2, 0.25) is 0 Å². The van der Waals surface area contributed by atoms with E-state index < -0.39 is 5.91 Å². The zero-order valence-electron chi connectivity index (χ0n) is 7.57. The van der Waals surface area contributed by atoms with Gasteiger partial charge >= 0.3 is 0 Å². The number of rotatable bonds is 1. The highest BCUT2D eigenvalue weighted by molar-refractivity contribution is 6.37. The van der Waals surface area contributed by atoms with E-state index in [1.807, 2.05) is 19.1 Å². The first kappa shape index (κ1) is 8.55. The summed E-state index contributed by atoms with van der Waals surface area (Å²) >= 11 is 0. The van der Waals surface area contributed by atoms with Crippen LogP contribution in [0.15, 0.2) is 23.2 Å². The molecule has 1 aliphatic rings. The third-order valence-corrected chi connectivity index (χ3v) is 1.92. The van der Waals surface area contributed by atoms with Crippen molar-refractivity contribution in [3.05, 3.63) is 23.8 Å². The van der Waals surface area contributed by atoms with E-state index in [2.05, 4.69) is 10.5 Å². The number of benzene rings is 1. The lowest BCUT2D eigenvalue weighted by Crippen LogP contribution is -2.39. The predicted octanol–water partition coefficient (Wildman–Crippen LogP) is 0.407. The first-order chi connectivity index (χ1) is 6.68. The van der Waals surface area contributed by atoms with Gasteiger partial charge in [0.15, 0.2) is 5.75 Å². The van der Waals surface area contributed by atoms with Crippen molar-refractivity contribution in [3.63, 3.8) is 0 Å². The van der Waals surface area contributed by atoms with Gasteiger partial charge in [0.2, 0.25) is 5.84 Å². The van der Waals surface area contributed by atoms with E-state index in [0.717, 1.165) is 5.56 Å². The number of nitrogens with two attached hydrogens (primary N) is 1. The number of fused-ring (bicyclic) bond motifs is 1. The number of hydrogen-bond acceptors (Lipinski definition) is 4. The normalized spacial score (nSPS) is 13.4. The fraction of sp³-hybridized carbons (Fsp3) is 0.111. The van der Waals surface area contributed by atoms with Gasteiger partial charge in [-0.05, 0) is 18.6 Å². The van der Waals surface area contributed by atoms with Crippen molar-refractivity contribution < 1.29 is 9.63 Å². The lowest BCUT2D eigenvalue weighted by Gasteiger charge is -2.16. The van der Waals surface area contributed by atoms with Gasteiger partial charge in [-0.3, -0.25) is 4.79 Å². The van der Waals surface area contributed by atoms with E-state index in [1.165, 1.54) is 0 Å². The number of aliphatic imine (C=N–C) groups is 1. The summed E-state index contributed by atoms with van der Waals surface area (Å²) in [6.07, 6.45) is 0. The number of aryl methyl sites for hydroxylation is 1. The van der Waals surface area contributed by atoms with E-state index in [1.54, 1.807) is 6.07 Å². The number of primary amides is 1. The molecule has 0 bridgehead atoms. The van der Waals surface area contributed by atoms with Crippen LogP contribution in [0.1, 0.15) is 5.56 Å². The average Bonchev–Trinajstić information content (AvgIpc) is 2.18. The van der Waals surface area contributed by atoms with Gasteiger partial charge in [0.05, 0.1) is 0 Å². The van der Waals surface area contributed by atoms with Crippen LogP contribution in [0.5, 0.6) is 5.75 Å². The molecule has 72 valence electrons. The van der Waals surface area contributed by atoms with Crippen molar-refractivity contribution in [2.75, 3.05) is 0 Å². The molecular weight excluding hydrogens is 182 g/mol. The van der Waals surface area contributed by atoms with E-state index in [0.29, 0.717) is 11.4 Å². The van der Waals surface area contributed by atoms with Crippen molar-refractivity contribution in [2.24, 2.45) is 10.7 Å². The summed E-state index contributed by atoms with van der Waals surface area (Å²) < 4.78 is 0. The smallest absolute Gasteiger partial charge is 0.287 e. The van der Waals surface area contributed by atoms with Gasteiger partial charge in [-0.2, -0.15) is 5.48 Å². The molecule has 1 heterocycles. The van der Waals surface area contributed by atoms with Gasteiger partial charge in [-0.1, -0.05) is 12.1 Å². The Morgan fingerprint density at radius 3 is 3.07 bits per heavy atom. The van der Waals surface area contributed by atoms with Crippen molar-refractivity contribution in [1.29, 1.82) is 0 Å². The molecule has 2 rings (SSSR count). The number of amides is 1. The summed E-state index contributed by atoms with van der Waals surface area (Å²) in [7, 11) is 0. The Labute approximate surface area is 80.5 Å². The molecule has 1 aromatic carbocycles. The molecule has 1 aliphatic heterocycles. The lowest BCUT2D eigenvalue weighted by atomic mass is 10.2. The number of carbonyl (C=O) groups is 1. The van der Waals surface area contributed by atoms with E-state index in [-0.39, 0.29) is 5.84 Å². The Morgan fingerprint density at radius 1 is 1.57 bits per heavy atom. The van der Waals surface area contributed by atoms with Crippen LogP contribution < -0.4 is 16.1 Å². The fourth-order valence-electron chi connectivity index (χ4n) is 1.20. The van der Waals surface area contributed by atoms with Crippen LogP contribution in [0.25, 0.3) is 0 Å². The van der Waals surface area contributed by atoms with E-state index in [4.69, 9.17) is 10.6 Å². The van der Waals surface area contributed by atoms with Crippen molar-refractivity contribution in [1.82, 2.24) is 5.48 Å². The maximum absolute atomic E-state index is 10.8. The molecule has 0 radical (unpaired) electrons. The molecule has 0 aliphatic carbocycles. The number of hydroxylamine groups is 1. The Morgan fingerprint density at radius 2 is 2.36 bits per heavy atom. The highest BCUT2D eigenvalue weighted by atomic mass is 16.7. The number of hydrogen-bond donors (Lipinski definition) is 2. The molecule has 0 saturated heterocycles. The van der Waals surface area contributed by atoms with Gasteiger partial charge in [0.1, 0.15) is 5.69 Å². The molecule has 5 nitrogen and oxygen atoms in total. The summed E-state index contributed by atoms with van der Waals surface area (Å²) in [6.45, 7) is 1.88. The summed E-state index contributed by atoms with van der Waals surface area (Å²) in [4.78, 5) is 20.0. The number of nitrogens with zero attached hydrogens (tertiary/aromatic N) is 1. The molecule has 0 unspecified atom stereocenters. The van der Waals surface area contributed by atoms with Crippen LogP contribution in [0, 0.1) is 6.92 Å². The van der Waals surface area contributed by atoms with Crippen LogP contribution in [-0.4, -0.2) is 11.7 Å². The molecule has 0 fully saturated rings. The standard InChI is InChI=1S/C9H9N3O2/c1-5-3-2-4-6-7(5)11-9(8(10)13)12-14-6/h2-4H,1H3,(H2,10,13)(H,11,12). The molecule has 0 atom stereocenters. The Kier molecular flexibility index (Phi) is 1.85. The van der Waals surface area contributed by atoms with Gasteiger partial charge in [0, 0.05) is 0 Å². The molecule has 0 spiro atoms. The van der Waals surface area contributed by atoms with E-state index >= 15 is 0 Å². The van der Waals surface area contributed by atoms with Crippen LogP contribution in [0.4, 0.5) is 5.69 Å². The van der Waals surface area contributed by atoms with Gasteiger partial charge in [-0.15, -0.1) is 0 Å². The summed E-state index contributed by atoms with van der Waals surface area (Å²) in [6, 6.07) is 5.49. The molecule has 1 amide bonds. The molecule has 3 N–H and O–H groups in total. The van der Waals surface area contributed by atoms with Crippen molar-refractivity contribution in [2.45, 2.75) is 6.92 Å². The molecule has 14 heavy (non-hydrogen) atoms. The highest BCUT2D eigenvalue weighted by Crippen LogP contribution is 2.32. The minimum absolute atomic E-state index is 0.0202. The first-order valence-electron chi connectivity index (χ1n) is 4.09. The lowest BCUT2D eigenvalue weighted by molar-refractivity contribution is -0.112. The van der Waals surface area contributed by atoms with Gasteiger partial charge < -0.3 is 10.6 Å². The van der Waals surface area contributed by atoms with Crippen molar-refractivity contribution >= 4 is 17.4 Å². The number of amidine groups is 1. The molecule has 5 heteroatoms. The molecule has 0 aromatic heterocycles. The van der Waals surface area contributed by atoms with Crippen LogP contribution >= 0.6 is 0 Å². The summed E-state index contributed by atoms with van der Waals surface area (Å²) in [5, 5.41) is 0. The summed E-state index contributed by atoms with van der Waals surface area (Å²) in [5.74, 6) is -0.0271. The van der Waals surface area contributed by atoms with Crippen LogP contribution in [0.3, 0.4) is 0 Å².